The van der Waals surface area contributed by atoms with Crippen LogP contribution < -0.4 is 10.2 Å². The molecule has 0 radical (unpaired) electrons. The number of benzene rings is 2. The Bertz CT molecular complexity index is 1320. The van der Waals surface area contributed by atoms with Crippen LogP contribution in [0.25, 0.3) is 5.76 Å². The van der Waals surface area contributed by atoms with Gasteiger partial charge in [0.25, 0.3) is 11.7 Å². The van der Waals surface area contributed by atoms with Gasteiger partial charge >= 0.3 is 0 Å². The number of hydrogen-bond acceptors (Lipinski definition) is 5. The highest BCUT2D eigenvalue weighted by atomic mass is 16.3. The van der Waals surface area contributed by atoms with Crippen molar-refractivity contribution in [1.29, 1.82) is 0 Å². The number of aromatic nitrogens is 1. The van der Waals surface area contributed by atoms with Crippen molar-refractivity contribution >= 4 is 34.7 Å². The van der Waals surface area contributed by atoms with E-state index in [0.717, 1.165) is 5.56 Å². The minimum Gasteiger partial charge on any atom is -0.507 e. The van der Waals surface area contributed by atoms with Crippen LogP contribution in [0.2, 0.25) is 0 Å². The lowest BCUT2D eigenvalue weighted by atomic mass is 9.85. The zero-order valence-electron chi connectivity index (χ0n) is 20.1. The van der Waals surface area contributed by atoms with Gasteiger partial charge < -0.3 is 10.4 Å². The van der Waals surface area contributed by atoms with Gasteiger partial charge in [0.2, 0.25) is 5.91 Å². The Morgan fingerprint density at radius 2 is 1.66 bits per heavy atom. The summed E-state index contributed by atoms with van der Waals surface area (Å²) in [5.74, 6) is -2.06. The Kier molecular flexibility index (Phi) is 6.26. The molecule has 7 heteroatoms. The normalized spacial score (nSPS) is 17.5. The van der Waals surface area contributed by atoms with Crippen LogP contribution in [0.4, 0.5) is 11.4 Å². The van der Waals surface area contributed by atoms with E-state index in [4.69, 9.17) is 0 Å². The number of Topliss-reactive ketones (excluding diaryl/α,β-unsaturated/α-hetero) is 1. The molecule has 0 saturated carbocycles. The third-order valence-corrected chi connectivity index (χ3v) is 5.94. The summed E-state index contributed by atoms with van der Waals surface area (Å²) in [4.78, 5) is 43.5. The van der Waals surface area contributed by atoms with Gasteiger partial charge in [-0.1, -0.05) is 51.1 Å². The van der Waals surface area contributed by atoms with Crippen molar-refractivity contribution in [2.75, 3.05) is 10.2 Å². The Balaban J connectivity index is 1.91. The Labute approximate surface area is 204 Å². The molecule has 1 aliphatic heterocycles. The summed E-state index contributed by atoms with van der Waals surface area (Å²) < 4.78 is 0. The first-order valence-corrected chi connectivity index (χ1v) is 11.3. The number of amides is 2. The molecule has 7 nitrogen and oxygen atoms in total. The summed E-state index contributed by atoms with van der Waals surface area (Å²) in [7, 11) is 0. The first kappa shape index (κ1) is 23.9. The number of aliphatic hydroxyl groups excluding tert-OH is 1. The van der Waals surface area contributed by atoms with E-state index in [-0.39, 0.29) is 22.7 Å². The molecule has 1 atom stereocenters. The maximum atomic E-state index is 13.3. The number of ketones is 1. The molecule has 1 unspecified atom stereocenters. The number of nitrogens with zero attached hydrogens (tertiary/aromatic N) is 2. The summed E-state index contributed by atoms with van der Waals surface area (Å²) in [5, 5.41) is 13.9. The molecular weight excluding hydrogens is 442 g/mol. The molecule has 1 aromatic heterocycles. The predicted octanol–water partition coefficient (Wildman–Crippen LogP) is 4.96. The number of pyridine rings is 1. The quantitative estimate of drug-likeness (QED) is 0.319. The van der Waals surface area contributed by atoms with Crippen molar-refractivity contribution in [1.82, 2.24) is 4.98 Å². The van der Waals surface area contributed by atoms with E-state index in [0.29, 0.717) is 22.5 Å². The number of carbonyl (C=O) groups is 3. The van der Waals surface area contributed by atoms with E-state index >= 15 is 0 Å². The van der Waals surface area contributed by atoms with Crippen molar-refractivity contribution in [2.24, 2.45) is 0 Å². The van der Waals surface area contributed by atoms with E-state index in [9.17, 15) is 19.5 Å². The molecule has 0 spiro atoms. The topological polar surface area (TPSA) is 99.6 Å². The number of nitrogens with one attached hydrogen (secondary N) is 1. The summed E-state index contributed by atoms with van der Waals surface area (Å²) in [6.45, 7) is 7.70. The summed E-state index contributed by atoms with van der Waals surface area (Å²) in [6, 6.07) is 16.7. The molecule has 2 N–H and O–H groups in total. The van der Waals surface area contributed by atoms with Crippen LogP contribution in [0.3, 0.4) is 0 Å². The SMILES string of the molecule is CC(=O)Nc1cccc(N2C(=O)C(=O)/C(=C(/O)c3ccncc3)C2c2ccc(C(C)(C)C)cc2)c1. The van der Waals surface area contributed by atoms with Gasteiger partial charge in [0, 0.05) is 36.3 Å². The maximum Gasteiger partial charge on any atom is 0.300 e. The van der Waals surface area contributed by atoms with Crippen molar-refractivity contribution < 1.29 is 19.5 Å². The molecule has 35 heavy (non-hydrogen) atoms. The van der Waals surface area contributed by atoms with Crippen LogP contribution in [-0.4, -0.2) is 27.7 Å². The van der Waals surface area contributed by atoms with Gasteiger partial charge in [0.15, 0.2) is 0 Å². The fraction of sp³-hybridized carbons (Fsp3) is 0.214. The number of carbonyl (C=O) groups excluding carboxylic acids is 3. The van der Waals surface area contributed by atoms with Crippen LogP contribution in [0.5, 0.6) is 0 Å². The van der Waals surface area contributed by atoms with Gasteiger partial charge in [-0.05, 0) is 46.9 Å². The van der Waals surface area contributed by atoms with E-state index in [1.54, 1.807) is 36.4 Å². The third kappa shape index (κ3) is 4.71. The molecule has 2 heterocycles. The lowest BCUT2D eigenvalue weighted by Gasteiger charge is -2.27. The van der Waals surface area contributed by atoms with Crippen molar-refractivity contribution in [3.8, 4) is 0 Å². The lowest BCUT2D eigenvalue weighted by Crippen LogP contribution is -2.29. The summed E-state index contributed by atoms with van der Waals surface area (Å²) in [6.07, 6.45) is 3.02. The van der Waals surface area contributed by atoms with E-state index in [2.05, 4.69) is 31.1 Å². The van der Waals surface area contributed by atoms with Crippen LogP contribution in [-0.2, 0) is 19.8 Å². The fourth-order valence-electron chi connectivity index (χ4n) is 4.18. The molecule has 4 rings (SSSR count). The molecule has 1 aliphatic rings. The van der Waals surface area contributed by atoms with Gasteiger partial charge in [-0.25, -0.2) is 0 Å². The zero-order valence-corrected chi connectivity index (χ0v) is 20.1. The maximum absolute atomic E-state index is 13.3. The average Bonchev–Trinajstić information content (AvgIpc) is 3.09. The minimum atomic E-state index is -0.857. The number of aliphatic hydroxyl groups is 1. The monoisotopic (exact) mass is 469 g/mol. The molecule has 2 aromatic carbocycles. The highest BCUT2D eigenvalue weighted by Gasteiger charge is 2.47. The highest BCUT2D eigenvalue weighted by Crippen LogP contribution is 2.43. The van der Waals surface area contributed by atoms with Gasteiger partial charge in [-0.15, -0.1) is 0 Å². The molecule has 178 valence electrons. The first-order chi connectivity index (χ1) is 16.6. The van der Waals surface area contributed by atoms with Crippen molar-refractivity contribution in [3.05, 3.63) is 95.3 Å². The van der Waals surface area contributed by atoms with Crippen LogP contribution in [0.15, 0.2) is 78.6 Å². The summed E-state index contributed by atoms with van der Waals surface area (Å²) >= 11 is 0. The standard InChI is InChI=1S/C28H27N3O4/c1-17(32)30-21-6-5-7-22(16-21)31-24(18-8-10-20(11-9-18)28(2,3)4)23(26(34)27(31)35)25(33)19-12-14-29-15-13-19/h5-16,24,33H,1-4H3,(H,30,32)/b25-23+. The summed E-state index contributed by atoms with van der Waals surface area (Å²) in [5.41, 5.74) is 3.00. The second-order valence-electron chi connectivity index (χ2n) is 9.51. The number of anilines is 2. The molecule has 3 aromatic rings. The van der Waals surface area contributed by atoms with Crippen LogP contribution in [0.1, 0.15) is 50.4 Å². The average molecular weight is 470 g/mol. The predicted molar refractivity (Wildman–Crippen MR) is 135 cm³/mol. The number of rotatable bonds is 4. The fourth-order valence-corrected chi connectivity index (χ4v) is 4.18. The van der Waals surface area contributed by atoms with Gasteiger partial charge in [-0.3, -0.25) is 24.3 Å². The van der Waals surface area contributed by atoms with Crippen LogP contribution >= 0.6 is 0 Å². The van der Waals surface area contributed by atoms with Gasteiger partial charge in [-0.2, -0.15) is 0 Å². The minimum absolute atomic E-state index is 0.00496. The van der Waals surface area contributed by atoms with E-state index in [1.807, 2.05) is 24.3 Å². The smallest absolute Gasteiger partial charge is 0.300 e. The Morgan fingerprint density at radius 3 is 2.26 bits per heavy atom. The zero-order chi connectivity index (χ0) is 25.3. The molecule has 1 saturated heterocycles. The van der Waals surface area contributed by atoms with Crippen molar-refractivity contribution in [2.45, 2.75) is 39.2 Å². The molecule has 2 amide bonds. The Hall–Kier alpha value is -4.26. The van der Waals surface area contributed by atoms with E-state index in [1.165, 1.54) is 24.2 Å². The molecule has 0 aliphatic carbocycles. The number of hydrogen-bond donors (Lipinski definition) is 2. The first-order valence-electron chi connectivity index (χ1n) is 11.3. The largest absolute Gasteiger partial charge is 0.507 e. The third-order valence-electron chi connectivity index (χ3n) is 5.94. The van der Waals surface area contributed by atoms with Crippen LogP contribution in [0, 0.1) is 0 Å². The second kappa shape index (κ2) is 9.18. The van der Waals surface area contributed by atoms with Gasteiger partial charge in [0.05, 0.1) is 11.6 Å². The van der Waals surface area contributed by atoms with Gasteiger partial charge in [0.1, 0.15) is 5.76 Å². The highest BCUT2D eigenvalue weighted by molar-refractivity contribution is 6.51. The molecular formula is C28H27N3O4. The van der Waals surface area contributed by atoms with Crippen molar-refractivity contribution in [3.63, 3.8) is 0 Å². The second-order valence-corrected chi connectivity index (χ2v) is 9.51. The Morgan fingerprint density at radius 1 is 1.00 bits per heavy atom. The molecule has 1 fully saturated rings. The molecule has 0 bridgehead atoms. The lowest BCUT2D eigenvalue weighted by molar-refractivity contribution is -0.132. The van der Waals surface area contributed by atoms with E-state index < -0.39 is 17.7 Å².